The molecule has 6 aromatic rings. The fraction of sp³-hybridized carbons (Fsp3) is 0.350. The van der Waals surface area contributed by atoms with Crippen molar-refractivity contribution in [2.45, 2.75) is 83.5 Å². The molecule has 2 N–H and O–H groups in total. The maximum Gasteiger partial charge on any atom is 0.193 e. The normalized spacial score (nSPS) is 18.4. The van der Waals surface area contributed by atoms with Gasteiger partial charge >= 0.3 is 0 Å². The Morgan fingerprint density at radius 1 is 0.567 bits per heavy atom. The van der Waals surface area contributed by atoms with Gasteiger partial charge in [-0.3, -0.25) is 14.6 Å². The van der Waals surface area contributed by atoms with Crippen LogP contribution in [0.2, 0.25) is 0 Å². The lowest BCUT2D eigenvalue weighted by Gasteiger charge is -2.35. The van der Waals surface area contributed by atoms with Gasteiger partial charge in [0.15, 0.2) is 5.78 Å². The zero-order valence-electron chi connectivity index (χ0n) is 39.4. The first kappa shape index (κ1) is 46.0. The van der Waals surface area contributed by atoms with Crippen LogP contribution >= 0.6 is 0 Å². The second kappa shape index (κ2) is 21.6. The standard InChI is InChI=1S/C31H33NO3.C29H33NO2/c1-22-5-7-23(8-6-22)28-15-11-25-21-26(33)12-16-29(25)30(28)31(34)24-9-13-27(14-10-24)35-20-19-32-17-3-2-4-18-32;1-21-4-6-22(7-5-21)27-14-10-24-20-25(31)11-15-28(24)29(27)23-8-12-26(13-9-23)32-19-18-30-16-2-3-17-30/h5-10,12-14,16,21,33H,2-4,11,15,17-20H2,1H3;4-9,11-13,15,20,27,29,31H,2-3,10,14,16-19H2,1H3. The molecule has 2 unspecified atom stereocenters. The summed E-state index contributed by atoms with van der Waals surface area (Å²) < 4.78 is 12.0. The molecule has 6 aromatic carbocycles. The number of rotatable bonds is 13. The number of aromatic hydroxyl groups is 2. The molecule has 2 saturated heterocycles. The number of ether oxygens (including phenoxy) is 2. The number of aryl methyl sites for hydroxylation is 4. The van der Waals surface area contributed by atoms with Crippen molar-refractivity contribution in [1.29, 1.82) is 0 Å². The number of phenols is 2. The molecule has 2 aliphatic carbocycles. The second-order valence-electron chi connectivity index (χ2n) is 19.0. The summed E-state index contributed by atoms with van der Waals surface area (Å²) in [6.07, 6.45) is 10.2. The number of ketones is 1. The molecule has 2 fully saturated rings. The molecule has 0 aromatic heterocycles. The predicted molar refractivity (Wildman–Crippen MR) is 271 cm³/mol. The van der Waals surface area contributed by atoms with Gasteiger partial charge in [0.25, 0.3) is 0 Å². The SMILES string of the molecule is Cc1ccc(C2=C(C(=O)c3ccc(OCCN4CCCCC4)cc3)c3ccc(O)cc3CC2)cc1.Cc1ccc(C2CCc3cc(O)ccc3C2c2ccc(OCCN3CCCC3)cc2)cc1. The van der Waals surface area contributed by atoms with E-state index in [1.807, 2.05) is 42.5 Å². The van der Waals surface area contributed by atoms with Crippen LogP contribution in [-0.4, -0.2) is 78.3 Å². The van der Waals surface area contributed by atoms with Crippen LogP contribution in [-0.2, 0) is 12.8 Å². The fourth-order valence-corrected chi connectivity index (χ4v) is 10.7. The number of hydrogen-bond acceptors (Lipinski definition) is 7. The molecular weight excluding hydrogens is 829 g/mol. The van der Waals surface area contributed by atoms with E-state index >= 15 is 0 Å². The Labute approximate surface area is 397 Å². The zero-order chi connectivity index (χ0) is 46.1. The lowest BCUT2D eigenvalue weighted by Crippen LogP contribution is -2.33. The molecule has 10 rings (SSSR count). The molecule has 0 spiro atoms. The molecule has 7 heteroatoms. The number of nitrogens with zero attached hydrogens (tertiary/aromatic N) is 2. The van der Waals surface area contributed by atoms with Gasteiger partial charge < -0.3 is 19.7 Å². The van der Waals surface area contributed by atoms with Crippen molar-refractivity contribution in [3.8, 4) is 23.0 Å². The van der Waals surface area contributed by atoms with Crippen molar-refractivity contribution in [2.24, 2.45) is 0 Å². The van der Waals surface area contributed by atoms with Gasteiger partial charge in [-0.1, -0.05) is 90.3 Å². The van der Waals surface area contributed by atoms with Crippen LogP contribution in [0.3, 0.4) is 0 Å². The summed E-state index contributed by atoms with van der Waals surface area (Å²) in [6.45, 7) is 12.3. The zero-order valence-corrected chi connectivity index (χ0v) is 39.4. The minimum Gasteiger partial charge on any atom is -0.508 e. The molecular formula is C60H66N2O5. The van der Waals surface area contributed by atoms with Crippen LogP contribution in [0.15, 0.2) is 133 Å². The molecule has 67 heavy (non-hydrogen) atoms. The van der Waals surface area contributed by atoms with Gasteiger partial charge in [-0.2, -0.15) is 0 Å². The van der Waals surface area contributed by atoms with Crippen LogP contribution in [0.1, 0.15) is 117 Å². The summed E-state index contributed by atoms with van der Waals surface area (Å²) >= 11 is 0. The molecule has 2 aliphatic heterocycles. The Morgan fingerprint density at radius 3 is 1.73 bits per heavy atom. The van der Waals surface area contributed by atoms with E-state index in [4.69, 9.17) is 9.47 Å². The lowest BCUT2D eigenvalue weighted by molar-refractivity contribution is 0.105. The van der Waals surface area contributed by atoms with Crippen LogP contribution < -0.4 is 9.47 Å². The third-order valence-corrected chi connectivity index (χ3v) is 14.4. The minimum atomic E-state index is 0.00656. The van der Waals surface area contributed by atoms with Gasteiger partial charge in [0.1, 0.15) is 36.2 Å². The quantitative estimate of drug-likeness (QED) is 0.112. The predicted octanol–water partition coefficient (Wildman–Crippen LogP) is 12.3. The van der Waals surface area contributed by atoms with E-state index in [1.165, 1.54) is 78.6 Å². The van der Waals surface area contributed by atoms with Gasteiger partial charge in [-0.05, 0) is 202 Å². The number of piperidine rings is 1. The molecule has 346 valence electrons. The summed E-state index contributed by atoms with van der Waals surface area (Å²) in [5, 5.41) is 20.0. The van der Waals surface area contributed by atoms with Crippen molar-refractivity contribution in [1.82, 2.24) is 9.80 Å². The number of benzene rings is 6. The number of likely N-dealkylation sites (tertiary alicyclic amines) is 2. The first-order valence-electron chi connectivity index (χ1n) is 24.7. The number of carbonyl (C=O) groups excluding carboxylic acids is 1. The molecule has 2 atom stereocenters. The van der Waals surface area contributed by atoms with Gasteiger partial charge in [-0.25, -0.2) is 0 Å². The van der Waals surface area contributed by atoms with E-state index in [0.29, 0.717) is 23.8 Å². The molecule has 4 aliphatic rings. The van der Waals surface area contributed by atoms with E-state index in [0.717, 1.165) is 97.8 Å². The van der Waals surface area contributed by atoms with Crippen LogP contribution in [0.25, 0.3) is 11.1 Å². The third-order valence-electron chi connectivity index (χ3n) is 14.4. The van der Waals surface area contributed by atoms with Crippen LogP contribution in [0, 0.1) is 13.8 Å². The first-order chi connectivity index (χ1) is 32.8. The molecule has 0 radical (unpaired) electrons. The number of fused-ring (bicyclic) bond motifs is 2. The van der Waals surface area contributed by atoms with Gasteiger partial charge in [0.05, 0.1) is 0 Å². The average molecular weight is 895 g/mol. The monoisotopic (exact) mass is 894 g/mol. The fourth-order valence-electron chi connectivity index (χ4n) is 10.7. The average Bonchev–Trinajstić information content (AvgIpc) is 3.88. The Hall–Kier alpha value is -6.15. The number of Topliss-reactive ketones (excluding diaryl/α,β-unsaturated/α-hetero) is 1. The summed E-state index contributed by atoms with van der Waals surface area (Å²) in [6, 6.07) is 44.9. The number of phenolic OH excluding ortho intramolecular Hbond substituents is 2. The molecule has 0 bridgehead atoms. The highest BCUT2D eigenvalue weighted by Gasteiger charge is 2.32. The highest BCUT2D eigenvalue weighted by atomic mass is 16.5. The van der Waals surface area contributed by atoms with Crippen molar-refractivity contribution in [2.75, 3.05) is 52.5 Å². The van der Waals surface area contributed by atoms with Crippen LogP contribution in [0.5, 0.6) is 23.0 Å². The Morgan fingerprint density at radius 2 is 1.10 bits per heavy atom. The van der Waals surface area contributed by atoms with Crippen molar-refractivity contribution >= 4 is 16.9 Å². The number of allylic oxidation sites excluding steroid dienone is 2. The van der Waals surface area contributed by atoms with Gasteiger partial charge in [-0.15, -0.1) is 0 Å². The highest BCUT2D eigenvalue weighted by molar-refractivity contribution is 6.35. The van der Waals surface area contributed by atoms with Crippen molar-refractivity contribution in [3.05, 3.63) is 189 Å². The van der Waals surface area contributed by atoms with E-state index in [1.54, 1.807) is 12.1 Å². The Bertz CT molecular complexity index is 2620. The lowest BCUT2D eigenvalue weighted by atomic mass is 9.69. The topological polar surface area (TPSA) is 82.5 Å². The number of carbonyl (C=O) groups is 1. The highest BCUT2D eigenvalue weighted by Crippen LogP contribution is 2.47. The third kappa shape index (κ3) is 11.3. The maximum absolute atomic E-state index is 13.9. The van der Waals surface area contributed by atoms with E-state index < -0.39 is 0 Å². The van der Waals surface area contributed by atoms with Crippen LogP contribution in [0.4, 0.5) is 0 Å². The molecule has 2 heterocycles. The van der Waals surface area contributed by atoms with Crippen molar-refractivity contribution in [3.63, 3.8) is 0 Å². The smallest absolute Gasteiger partial charge is 0.193 e. The summed E-state index contributed by atoms with van der Waals surface area (Å²) in [5.74, 6) is 3.04. The Balaban J connectivity index is 0.000000169. The minimum absolute atomic E-state index is 0.00656. The first-order valence-corrected chi connectivity index (χ1v) is 24.7. The maximum atomic E-state index is 13.9. The van der Waals surface area contributed by atoms with E-state index in [9.17, 15) is 15.0 Å². The largest absolute Gasteiger partial charge is 0.508 e. The number of hydrogen-bond donors (Lipinski definition) is 2. The summed E-state index contributed by atoms with van der Waals surface area (Å²) in [4.78, 5) is 18.8. The Kier molecular flexibility index (Phi) is 14.9. The van der Waals surface area contributed by atoms with E-state index in [-0.39, 0.29) is 17.5 Å². The van der Waals surface area contributed by atoms with Gasteiger partial charge in [0, 0.05) is 30.1 Å². The molecule has 7 nitrogen and oxygen atoms in total. The molecule has 0 saturated carbocycles. The van der Waals surface area contributed by atoms with E-state index in [2.05, 4.69) is 103 Å². The van der Waals surface area contributed by atoms with Crippen molar-refractivity contribution < 1.29 is 24.5 Å². The summed E-state index contributed by atoms with van der Waals surface area (Å²) in [5.41, 5.74) is 13.2. The second-order valence-corrected chi connectivity index (χ2v) is 19.0. The van der Waals surface area contributed by atoms with Gasteiger partial charge in [0.2, 0.25) is 0 Å². The summed E-state index contributed by atoms with van der Waals surface area (Å²) in [7, 11) is 0. The molecule has 0 amide bonds.